The van der Waals surface area contributed by atoms with Crippen molar-refractivity contribution >= 4 is 28.9 Å². The predicted molar refractivity (Wildman–Crippen MR) is 140 cm³/mol. The van der Waals surface area contributed by atoms with Crippen LogP contribution in [0.5, 0.6) is 0 Å². The van der Waals surface area contributed by atoms with E-state index in [4.69, 9.17) is 24.7 Å². The van der Waals surface area contributed by atoms with Crippen molar-refractivity contribution in [2.24, 2.45) is 5.73 Å². The van der Waals surface area contributed by atoms with Gasteiger partial charge in [0, 0.05) is 33.0 Å². The summed E-state index contributed by atoms with van der Waals surface area (Å²) in [4.78, 5) is 40.9. The Morgan fingerprint density at radius 3 is 2.38 bits per heavy atom. The molecule has 13 heteroatoms. The standard InChI is InChI=1S/C22H23F2N3O4.C5H9NO3/c1-30-13-17(19(28)21-27-16-9-5-6-10-18(16)31-21)26-20(29)15(25)12-22(23,24)11-14-7-3-2-4-8-14;7-5(8)6-1-3-9-4-2-6/h2-10,15,17H,11-13,25H2,1H3,(H,26,29);1-4H2,(H,7,8). The van der Waals surface area contributed by atoms with Crippen molar-refractivity contribution in [3.8, 4) is 0 Å². The lowest BCUT2D eigenvalue weighted by Crippen LogP contribution is -2.51. The van der Waals surface area contributed by atoms with Gasteiger partial charge in [-0.3, -0.25) is 9.59 Å². The van der Waals surface area contributed by atoms with Crippen LogP contribution in [0.15, 0.2) is 59.0 Å². The molecule has 1 aliphatic rings. The van der Waals surface area contributed by atoms with Gasteiger partial charge in [0.25, 0.3) is 11.8 Å². The van der Waals surface area contributed by atoms with Gasteiger partial charge in [0.1, 0.15) is 11.6 Å². The van der Waals surface area contributed by atoms with Crippen LogP contribution in [0.3, 0.4) is 0 Å². The lowest BCUT2D eigenvalue weighted by Gasteiger charge is -2.23. The van der Waals surface area contributed by atoms with Gasteiger partial charge in [-0.1, -0.05) is 42.5 Å². The molecular weight excluding hydrogens is 530 g/mol. The molecule has 3 aromatic rings. The number of methoxy groups -OCH3 is 1. The van der Waals surface area contributed by atoms with E-state index in [1.807, 2.05) is 0 Å². The van der Waals surface area contributed by atoms with Gasteiger partial charge in [0.05, 0.1) is 25.9 Å². The second-order valence-electron chi connectivity index (χ2n) is 9.08. The van der Waals surface area contributed by atoms with E-state index in [-0.39, 0.29) is 12.5 Å². The summed E-state index contributed by atoms with van der Waals surface area (Å²) in [5, 5.41) is 10.8. The third-order valence-corrected chi connectivity index (χ3v) is 5.91. The summed E-state index contributed by atoms with van der Waals surface area (Å²) in [6, 6.07) is 12.3. The van der Waals surface area contributed by atoms with Gasteiger partial charge in [-0.05, 0) is 17.7 Å². The average Bonchev–Trinajstić information content (AvgIpc) is 3.37. The van der Waals surface area contributed by atoms with Crippen LogP contribution < -0.4 is 11.1 Å². The molecule has 1 aliphatic heterocycles. The highest BCUT2D eigenvalue weighted by atomic mass is 19.3. The molecule has 2 unspecified atom stereocenters. The molecule has 1 fully saturated rings. The van der Waals surface area contributed by atoms with Crippen molar-refractivity contribution in [1.29, 1.82) is 0 Å². The largest absolute Gasteiger partial charge is 0.465 e. The first kappa shape index (κ1) is 30.6. The fourth-order valence-electron chi connectivity index (χ4n) is 3.89. The molecular formula is C27H32F2N4O7. The fourth-order valence-corrected chi connectivity index (χ4v) is 3.89. The zero-order valence-electron chi connectivity index (χ0n) is 21.9. The average molecular weight is 563 g/mol. The van der Waals surface area contributed by atoms with Crippen molar-refractivity contribution in [3.63, 3.8) is 0 Å². The van der Waals surface area contributed by atoms with Crippen LogP contribution in [0.2, 0.25) is 0 Å². The topological polar surface area (TPSA) is 157 Å². The minimum atomic E-state index is -3.20. The number of ketones is 1. The predicted octanol–water partition coefficient (Wildman–Crippen LogP) is 2.73. The summed E-state index contributed by atoms with van der Waals surface area (Å²) < 4.78 is 44.1. The Morgan fingerprint density at radius 2 is 1.77 bits per heavy atom. The third kappa shape index (κ3) is 9.07. The molecule has 40 heavy (non-hydrogen) atoms. The third-order valence-electron chi connectivity index (χ3n) is 5.91. The molecule has 4 rings (SSSR count). The number of carboxylic acid groups (broad SMARTS) is 1. The molecule has 216 valence electrons. The quantitative estimate of drug-likeness (QED) is 0.316. The Hall–Kier alpha value is -3.94. The Labute approximate surface area is 229 Å². The number of aromatic nitrogens is 1. The van der Waals surface area contributed by atoms with Gasteiger partial charge < -0.3 is 34.9 Å². The zero-order valence-corrected chi connectivity index (χ0v) is 21.9. The van der Waals surface area contributed by atoms with Crippen molar-refractivity contribution in [1.82, 2.24) is 15.2 Å². The number of hydrogen-bond donors (Lipinski definition) is 3. The van der Waals surface area contributed by atoms with Crippen LogP contribution in [0.1, 0.15) is 22.7 Å². The first-order valence-corrected chi connectivity index (χ1v) is 12.5. The Kier molecular flexibility index (Phi) is 11.1. The molecule has 0 saturated carbocycles. The molecule has 0 radical (unpaired) electrons. The number of halogens is 2. The maximum atomic E-state index is 14.4. The molecule has 4 N–H and O–H groups in total. The van der Waals surface area contributed by atoms with Crippen LogP contribution in [0.25, 0.3) is 11.1 Å². The molecule has 0 spiro atoms. The van der Waals surface area contributed by atoms with Crippen LogP contribution in [-0.4, -0.2) is 90.8 Å². The molecule has 1 aromatic heterocycles. The number of morpholine rings is 1. The molecule has 2 heterocycles. The molecule has 2 amide bonds. The van der Waals surface area contributed by atoms with E-state index in [1.165, 1.54) is 12.0 Å². The van der Waals surface area contributed by atoms with E-state index in [0.717, 1.165) is 0 Å². The number of hydrogen-bond acceptors (Lipinski definition) is 8. The number of carbonyl (C=O) groups excluding carboxylic acids is 2. The number of carbonyl (C=O) groups is 3. The van der Waals surface area contributed by atoms with Crippen LogP contribution >= 0.6 is 0 Å². The van der Waals surface area contributed by atoms with E-state index < -0.39 is 48.6 Å². The number of alkyl halides is 2. The highest BCUT2D eigenvalue weighted by Gasteiger charge is 2.36. The fraction of sp³-hybridized carbons (Fsp3) is 0.407. The van der Waals surface area contributed by atoms with E-state index >= 15 is 0 Å². The highest BCUT2D eigenvalue weighted by molar-refractivity contribution is 6.00. The van der Waals surface area contributed by atoms with E-state index in [1.54, 1.807) is 54.6 Å². The second-order valence-corrected chi connectivity index (χ2v) is 9.08. The Balaban J connectivity index is 0.000000415. The molecule has 0 bridgehead atoms. The maximum absolute atomic E-state index is 14.4. The molecule has 2 aromatic carbocycles. The number of para-hydroxylation sites is 2. The molecule has 11 nitrogen and oxygen atoms in total. The number of nitrogens with zero attached hydrogens (tertiary/aromatic N) is 2. The number of nitrogens with two attached hydrogens (primary N) is 1. The van der Waals surface area contributed by atoms with Gasteiger partial charge in [-0.15, -0.1) is 0 Å². The van der Waals surface area contributed by atoms with E-state index in [0.29, 0.717) is 43.0 Å². The summed E-state index contributed by atoms with van der Waals surface area (Å²) in [6.45, 7) is 1.89. The van der Waals surface area contributed by atoms with Crippen molar-refractivity contribution < 1.29 is 42.2 Å². The number of rotatable bonds is 10. The van der Waals surface area contributed by atoms with Gasteiger partial charge >= 0.3 is 6.09 Å². The SMILES string of the molecule is COCC(NC(=O)C(N)CC(F)(F)Cc1ccccc1)C(=O)c1nc2ccccc2o1.O=C(O)N1CCOCC1. The summed E-state index contributed by atoms with van der Waals surface area (Å²) >= 11 is 0. The smallest absolute Gasteiger partial charge is 0.407 e. The number of Topliss-reactive ketones (excluding diaryl/α,β-unsaturated/α-hetero) is 1. The van der Waals surface area contributed by atoms with Crippen LogP contribution in [0, 0.1) is 0 Å². The zero-order chi connectivity index (χ0) is 29.1. The monoisotopic (exact) mass is 562 g/mol. The number of oxazole rings is 1. The highest BCUT2D eigenvalue weighted by Crippen LogP contribution is 2.25. The first-order chi connectivity index (χ1) is 19.1. The Bertz CT molecular complexity index is 1230. The van der Waals surface area contributed by atoms with Crippen molar-refractivity contribution in [3.05, 3.63) is 66.1 Å². The van der Waals surface area contributed by atoms with Crippen LogP contribution in [-0.2, 0) is 20.7 Å². The van der Waals surface area contributed by atoms with Crippen molar-refractivity contribution in [2.75, 3.05) is 40.0 Å². The Morgan fingerprint density at radius 1 is 1.12 bits per heavy atom. The van der Waals surface area contributed by atoms with Gasteiger partial charge in [0.2, 0.25) is 11.7 Å². The van der Waals surface area contributed by atoms with Gasteiger partial charge in [-0.2, -0.15) is 0 Å². The van der Waals surface area contributed by atoms with E-state index in [9.17, 15) is 23.2 Å². The number of nitrogens with one attached hydrogen (secondary N) is 1. The lowest BCUT2D eigenvalue weighted by atomic mass is 10.0. The summed E-state index contributed by atoms with van der Waals surface area (Å²) in [5.74, 6) is -4.94. The first-order valence-electron chi connectivity index (χ1n) is 12.5. The lowest BCUT2D eigenvalue weighted by molar-refractivity contribution is -0.125. The minimum Gasteiger partial charge on any atom is -0.465 e. The summed E-state index contributed by atoms with van der Waals surface area (Å²) in [6.07, 6.45) is -2.26. The van der Waals surface area contributed by atoms with Crippen LogP contribution in [0.4, 0.5) is 13.6 Å². The summed E-state index contributed by atoms with van der Waals surface area (Å²) in [7, 11) is 1.34. The minimum absolute atomic E-state index is 0.198. The number of benzene rings is 2. The number of ether oxygens (including phenoxy) is 2. The maximum Gasteiger partial charge on any atom is 0.407 e. The molecule has 0 aliphatic carbocycles. The normalized spacial score (nSPS) is 15.1. The van der Waals surface area contributed by atoms with Gasteiger partial charge in [-0.25, -0.2) is 18.6 Å². The van der Waals surface area contributed by atoms with Gasteiger partial charge in [0.15, 0.2) is 5.58 Å². The molecule has 1 saturated heterocycles. The number of amides is 2. The summed E-state index contributed by atoms with van der Waals surface area (Å²) in [5.41, 5.74) is 7.04. The number of fused-ring (bicyclic) bond motifs is 1. The van der Waals surface area contributed by atoms with Crippen molar-refractivity contribution in [2.45, 2.75) is 30.8 Å². The molecule has 2 atom stereocenters. The van der Waals surface area contributed by atoms with E-state index in [2.05, 4.69) is 10.3 Å². The second kappa shape index (κ2) is 14.4.